The van der Waals surface area contributed by atoms with E-state index in [9.17, 15) is 4.79 Å². The molecular weight excluding hydrogens is 162 g/mol. The second-order valence-corrected chi connectivity index (χ2v) is 2.84. The van der Waals surface area contributed by atoms with Gasteiger partial charge in [0, 0.05) is 0 Å². The summed E-state index contributed by atoms with van der Waals surface area (Å²) in [6.45, 7) is 0. The van der Waals surface area contributed by atoms with Crippen LogP contribution in [0.25, 0.3) is 0 Å². The van der Waals surface area contributed by atoms with Crippen LogP contribution in [0.1, 0.15) is 12.8 Å². The minimum atomic E-state index is -0.610. The summed E-state index contributed by atoms with van der Waals surface area (Å²) in [5.74, 6) is 0. The third-order valence-electron chi connectivity index (χ3n) is 1.68. The van der Waals surface area contributed by atoms with Gasteiger partial charge in [0.15, 0.2) is 0 Å². The molecule has 0 radical (unpaired) electrons. The van der Waals surface area contributed by atoms with E-state index in [0.717, 1.165) is 18.4 Å². The maximum absolute atomic E-state index is 10.6. The highest BCUT2D eigenvalue weighted by molar-refractivity contribution is 6.65. The van der Waals surface area contributed by atoms with Crippen molar-refractivity contribution in [3.8, 4) is 0 Å². The lowest BCUT2D eigenvalue weighted by molar-refractivity contribution is -0.112. The van der Waals surface area contributed by atoms with E-state index in [1.807, 2.05) is 18.2 Å². The zero-order valence-corrected chi connectivity index (χ0v) is 6.84. The number of nitrogens with two attached hydrogens (primary N) is 1. The van der Waals surface area contributed by atoms with Crippen molar-refractivity contribution >= 4 is 16.8 Å². The van der Waals surface area contributed by atoms with Gasteiger partial charge in [-0.2, -0.15) is 0 Å². The average Bonchev–Trinajstić information content (AvgIpc) is 2.05. The van der Waals surface area contributed by atoms with Gasteiger partial charge in [-0.1, -0.05) is 18.2 Å². The third-order valence-corrected chi connectivity index (χ3v) is 1.92. The normalized spacial score (nSPS) is 19.3. The Morgan fingerprint density at radius 1 is 1.64 bits per heavy atom. The molecule has 0 saturated carbocycles. The fourth-order valence-electron chi connectivity index (χ4n) is 1.02. The molecule has 0 unspecified atom stereocenters. The first-order valence-electron chi connectivity index (χ1n) is 3.50. The maximum Gasteiger partial charge on any atom is 0.242 e. The molecule has 2 nitrogen and oxygen atoms in total. The van der Waals surface area contributed by atoms with Gasteiger partial charge in [-0.3, -0.25) is 4.79 Å². The minimum Gasteiger partial charge on any atom is -0.317 e. The fourth-order valence-corrected chi connectivity index (χ4v) is 1.16. The van der Waals surface area contributed by atoms with Crippen molar-refractivity contribution in [1.29, 1.82) is 0 Å². The molecule has 2 N–H and O–H groups in total. The zero-order chi connectivity index (χ0) is 8.27. The van der Waals surface area contributed by atoms with Crippen LogP contribution in [0.5, 0.6) is 0 Å². The van der Waals surface area contributed by atoms with Crippen molar-refractivity contribution in [1.82, 2.24) is 0 Å². The Morgan fingerprint density at radius 2 is 2.36 bits per heavy atom. The van der Waals surface area contributed by atoms with Gasteiger partial charge in [0.25, 0.3) is 0 Å². The van der Waals surface area contributed by atoms with Gasteiger partial charge in [-0.15, -0.1) is 0 Å². The molecule has 0 fully saturated rings. The second-order valence-electron chi connectivity index (χ2n) is 2.47. The number of rotatable bonds is 2. The first-order chi connectivity index (χ1) is 5.22. The molecular formula is C8H10ClNO. The summed E-state index contributed by atoms with van der Waals surface area (Å²) in [5.41, 5.74) is 6.43. The maximum atomic E-state index is 10.6. The molecule has 0 aliphatic heterocycles. The summed E-state index contributed by atoms with van der Waals surface area (Å²) in [4.78, 5) is 10.6. The van der Waals surface area contributed by atoms with Gasteiger partial charge in [-0.05, 0) is 30.0 Å². The van der Waals surface area contributed by atoms with E-state index in [4.69, 9.17) is 17.3 Å². The van der Waals surface area contributed by atoms with E-state index < -0.39 is 11.3 Å². The number of carbonyl (C=O) groups excluding carboxylic acids is 1. The topological polar surface area (TPSA) is 43.1 Å². The Hall–Kier alpha value is -0.600. The fraction of sp³-hybridized carbons (Fsp3) is 0.375. The van der Waals surface area contributed by atoms with Crippen molar-refractivity contribution in [3.63, 3.8) is 0 Å². The van der Waals surface area contributed by atoms with Crippen LogP contribution in [0, 0.1) is 0 Å². The number of allylic oxidation sites excluding steroid dienone is 3. The highest BCUT2D eigenvalue weighted by Gasteiger charge is 2.15. The lowest BCUT2D eigenvalue weighted by Gasteiger charge is -2.12. The summed E-state index contributed by atoms with van der Waals surface area (Å²) in [6.07, 6.45) is 7.59. The Bertz CT molecular complexity index is 220. The molecule has 1 aliphatic carbocycles. The van der Waals surface area contributed by atoms with E-state index in [2.05, 4.69) is 0 Å². The largest absolute Gasteiger partial charge is 0.317 e. The SMILES string of the molecule is N[C@@H](C(=O)Cl)C1=CCC=CC1. The number of carbonyl (C=O) groups is 1. The molecule has 0 bridgehead atoms. The van der Waals surface area contributed by atoms with Gasteiger partial charge < -0.3 is 5.73 Å². The van der Waals surface area contributed by atoms with Crippen LogP contribution in [0.4, 0.5) is 0 Å². The molecule has 1 atom stereocenters. The van der Waals surface area contributed by atoms with Gasteiger partial charge in [0.05, 0.1) is 0 Å². The Labute approximate surface area is 70.7 Å². The summed E-state index contributed by atoms with van der Waals surface area (Å²) < 4.78 is 0. The molecule has 1 aliphatic rings. The van der Waals surface area contributed by atoms with Gasteiger partial charge in [-0.25, -0.2) is 0 Å². The second kappa shape index (κ2) is 3.69. The van der Waals surface area contributed by atoms with E-state index in [-0.39, 0.29) is 0 Å². The molecule has 0 spiro atoms. The van der Waals surface area contributed by atoms with Crippen LogP contribution in [-0.4, -0.2) is 11.3 Å². The standard InChI is InChI=1S/C8H10ClNO/c9-8(11)7(10)6-4-2-1-3-5-6/h1-2,5,7H,3-4,10H2/t7-/m1/s1. The van der Waals surface area contributed by atoms with Gasteiger partial charge in [0.2, 0.25) is 5.24 Å². The van der Waals surface area contributed by atoms with Crippen LogP contribution in [0.15, 0.2) is 23.8 Å². The molecule has 1 rings (SSSR count). The van der Waals surface area contributed by atoms with Crippen molar-refractivity contribution < 1.29 is 4.79 Å². The Balaban J connectivity index is 2.60. The van der Waals surface area contributed by atoms with Gasteiger partial charge in [0.1, 0.15) is 6.04 Å². The molecule has 0 heterocycles. The van der Waals surface area contributed by atoms with E-state index in [0.29, 0.717) is 0 Å². The third kappa shape index (κ3) is 2.17. The monoisotopic (exact) mass is 171 g/mol. The average molecular weight is 172 g/mol. The van der Waals surface area contributed by atoms with Crippen LogP contribution < -0.4 is 5.73 Å². The highest BCUT2D eigenvalue weighted by Crippen LogP contribution is 2.14. The molecule has 11 heavy (non-hydrogen) atoms. The van der Waals surface area contributed by atoms with E-state index in [1.165, 1.54) is 0 Å². The Morgan fingerprint density at radius 3 is 2.82 bits per heavy atom. The first-order valence-corrected chi connectivity index (χ1v) is 3.88. The predicted octanol–water partition coefficient (Wildman–Crippen LogP) is 1.36. The molecule has 0 aromatic rings. The number of hydrogen-bond donors (Lipinski definition) is 1. The Kier molecular flexibility index (Phi) is 2.85. The molecule has 0 aromatic carbocycles. The zero-order valence-electron chi connectivity index (χ0n) is 6.09. The van der Waals surface area contributed by atoms with Crippen LogP contribution in [0.3, 0.4) is 0 Å². The molecule has 0 amide bonds. The lowest BCUT2D eigenvalue weighted by Crippen LogP contribution is -2.29. The summed E-state index contributed by atoms with van der Waals surface area (Å²) in [6, 6.07) is -0.610. The van der Waals surface area contributed by atoms with Crippen molar-refractivity contribution in [3.05, 3.63) is 23.8 Å². The van der Waals surface area contributed by atoms with Crippen molar-refractivity contribution in [2.24, 2.45) is 5.73 Å². The summed E-state index contributed by atoms with van der Waals surface area (Å²) in [5, 5.41) is -0.480. The van der Waals surface area contributed by atoms with Crippen LogP contribution >= 0.6 is 11.6 Å². The molecule has 0 aromatic heterocycles. The summed E-state index contributed by atoms with van der Waals surface area (Å²) in [7, 11) is 0. The van der Waals surface area contributed by atoms with Gasteiger partial charge >= 0.3 is 0 Å². The van der Waals surface area contributed by atoms with Crippen molar-refractivity contribution in [2.45, 2.75) is 18.9 Å². The minimum absolute atomic E-state index is 0.480. The summed E-state index contributed by atoms with van der Waals surface area (Å²) >= 11 is 5.23. The molecule has 3 heteroatoms. The smallest absolute Gasteiger partial charge is 0.242 e. The van der Waals surface area contributed by atoms with E-state index >= 15 is 0 Å². The number of halogens is 1. The predicted molar refractivity (Wildman–Crippen MR) is 45.3 cm³/mol. The molecule has 60 valence electrons. The van der Waals surface area contributed by atoms with Crippen molar-refractivity contribution in [2.75, 3.05) is 0 Å². The quantitative estimate of drug-likeness (QED) is 0.504. The van der Waals surface area contributed by atoms with Crippen LogP contribution in [0.2, 0.25) is 0 Å². The first kappa shape index (κ1) is 8.50. The number of hydrogen-bond acceptors (Lipinski definition) is 2. The lowest BCUT2D eigenvalue weighted by atomic mass is 10.0. The van der Waals surface area contributed by atoms with Crippen LogP contribution in [-0.2, 0) is 4.79 Å². The molecule has 0 saturated heterocycles. The van der Waals surface area contributed by atoms with E-state index in [1.54, 1.807) is 0 Å². The highest BCUT2D eigenvalue weighted by atomic mass is 35.5.